The van der Waals surface area contributed by atoms with E-state index in [2.05, 4.69) is 6.58 Å². The van der Waals surface area contributed by atoms with Crippen molar-refractivity contribution in [3.05, 3.63) is 24.8 Å². The van der Waals surface area contributed by atoms with Gasteiger partial charge in [-0.2, -0.15) is 0 Å². The lowest BCUT2D eigenvalue weighted by molar-refractivity contribution is -0.113. The van der Waals surface area contributed by atoms with E-state index in [1.165, 1.54) is 0 Å². The van der Waals surface area contributed by atoms with Gasteiger partial charge in [0.25, 0.3) is 0 Å². The molecule has 0 aromatic carbocycles. The van der Waals surface area contributed by atoms with Gasteiger partial charge in [-0.25, -0.2) is 0 Å². The molecule has 0 rings (SSSR count). The average Bonchev–Trinajstić information content (AvgIpc) is 2.21. The molecule has 0 N–H and O–H groups in total. The summed E-state index contributed by atoms with van der Waals surface area (Å²) in [7, 11) is 4.69. The highest BCUT2D eigenvalue weighted by Crippen LogP contribution is 2.32. The highest BCUT2D eigenvalue weighted by Gasteiger charge is 2.23. The molecule has 0 amide bonds. The van der Waals surface area contributed by atoms with Crippen LogP contribution in [0.3, 0.4) is 0 Å². The average molecular weight is 224 g/mol. The second kappa shape index (κ2) is 7.84. The number of rotatable bonds is 7. The zero-order valence-corrected chi connectivity index (χ0v) is 10.5. The molecule has 4 heteroatoms. The molecule has 0 saturated carbocycles. The van der Waals surface area contributed by atoms with Crippen LogP contribution < -0.4 is 0 Å². The van der Waals surface area contributed by atoms with Crippen molar-refractivity contribution >= 4 is 21.9 Å². The van der Waals surface area contributed by atoms with Crippen molar-refractivity contribution in [2.24, 2.45) is 11.8 Å². The van der Waals surface area contributed by atoms with Crippen LogP contribution in [-0.2, 0) is 9.32 Å². The van der Waals surface area contributed by atoms with Crippen LogP contribution in [-0.4, -0.2) is 26.6 Å². The van der Waals surface area contributed by atoms with E-state index < -0.39 is 8.03 Å². The Balaban J connectivity index is 4.52. The topological polar surface area (TPSA) is 26.3 Å². The van der Waals surface area contributed by atoms with E-state index >= 15 is 0 Å². The lowest BCUT2D eigenvalue weighted by atomic mass is 9.94. The van der Waals surface area contributed by atoms with Crippen molar-refractivity contribution in [2.45, 2.75) is 20.0 Å². The molecule has 0 aromatic rings. The van der Waals surface area contributed by atoms with Crippen LogP contribution in [0.1, 0.15) is 13.8 Å². The summed E-state index contributed by atoms with van der Waals surface area (Å²) < 4.78 is 5.59. The number of aldehydes is 1. The van der Waals surface area contributed by atoms with Gasteiger partial charge in [0.2, 0.25) is 0 Å². The van der Waals surface area contributed by atoms with Gasteiger partial charge in [0, 0.05) is 11.8 Å². The summed E-state index contributed by atoms with van der Waals surface area (Å²) in [6.07, 6.45) is 6.28. The number of carbonyl (C=O) groups is 1. The van der Waals surface area contributed by atoms with Gasteiger partial charge in [0.15, 0.2) is 0 Å². The smallest absolute Gasteiger partial charge is 0.148 e. The first-order chi connectivity index (χ1) is 7.02. The number of carbonyl (C=O) groups excluding carboxylic acids is 1. The summed E-state index contributed by atoms with van der Waals surface area (Å²) in [5.74, 6) is -0.000310. The molecule has 4 atom stereocenters. The van der Waals surface area contributed by atoms with Crippen molar-refractivity contribution < 1.29 is 9.32 Å². The second-order valence-corrected chi connectivity index (χ2v) is 4.89. The minimum atomic E-state index is -0.944. The van der Waals surface area contributed by atoms with Gasteiger partial charge in [-0.05, 0) is 14.7 Å². The highest BCUT2D eigenvalue weighted by atomic mass is 31.1. The van der Waals surface area contributed by atoms with Crippen LogP contribution in [0.5, 0.6) is 0 Å². The van der Waals surface area contributed by atoms with E-state index in [9.17, 15) is 4.79 Å². The van der Waals surface area contributed by atoms with Crippen molar-refractivity contribution in [1.29, 1.82) is 0 Å². The maximum Gasteiger partial charge on any atom is 0.148 e. The summed E-state index contributed by atoms with van der Waals surface area (Å²) in [5, 5.41) is 0. The predicted molar refractivity (Wildman–Crippen MR) is 67.2 cm³/mol. The van der Waals surface area contributed by atoms with Crippen LogP contribution in [0.15, 0.2) is 24.8 Å². The third-order valence-electron chi connectivity index (χ3n) is 2.09. The quantitative estimate of drug-likeness (QED) is 0.287. The third kappa shape index (κ3) is 5.91. The van der Waals surface area contributed by atoms with Crippen LogP contribution in [0.2, 0.25) is 0 Å². The van der Waals surface area contributed by atoms with Gasteiger partial charge in [-0.15, -0.1) is 0 Å². The molecular weight excluding hydrogens is 206 g/mol. The monoisotopic (exact) mass is 224 g/mol. The van der Waals surface area contributed by atoms with E-state index in [0.717, 1.165) is 6.29 Å². The van der Waals surface area contributed by atoms with Crippen molar-refractivity contribution in [3.8, 4) is 0 Å². The summed E-state index contributed by atoms with van der Waals surface area (Å²) >= 11 is 0. The molecule has 0 aliphatic carbocycles. The van der Waals surface area contributed by atoms with Gasteiger partial charge >= 0.3 is 0 Å². The van der Waals surface area contributed by atoms with Gasteiger partial charge in [-0.1, -0.05) is 38.7 Å². The van der Waals surface area contributed by atoms with Crippen LogP contribution >= 0.6 is 8.03 Å². The van der Waals surface area contributed by atoms with E-state index in [1.807, 2.05) is 32.7 Å². The first-order valence-electron chi connectivity index (χ1n) is 4.92. The lowest BCUT2D eigenvalue weighted by Crippen LogP contribution is -2.27. The zero-order valence-electron chi connectivity index (χ0n) is 9.59. The van der Waals surface area contributed by atoms with Crippen molar-refractivity contribution in [1.82, 2.24) is 0 Å². The Hall–Kier alpha value is -0.395. The van der Waals surface area contributed by atoms with Crippen LogP contribution in [0.4, 0.5) is 0 Å². The molecule has 2 radical (unpaired) electrons. The fourth-order valence-electron chi connectivity index (χ4n) is 1.30. The Bertz CT molecular complexity index is 229. The summed E-state index contributed by atoms with van der Waals surface area (Å²) in [6.45, 7) is 9.27. The molecule has 0 saturated heterocycles. The van der Waals surface area contributed by atoms with E-state index in [-0.39, 0.29) is 17.9 Å². The standard InChI is InChI=1S/C11H18BO2P/c1-5-6-7-9(2)11(10(3)8-13)14-15(4)12/h5-11H,1H2,2-4H3/b7-6-. The molecule has 0 spiro atoms. The first-order valence-corrected chi connectivity index (χ1v) is 6.70. The van der Waals surface area contributed by atoms with Crippen LogP contribution in [0, 0.1) is 11.8 Å². The lowest BCUT2D eigenvalue weighted by Gasteiger charge is -2.27. The maximum atomic E-state index is 10.7. The van der Waals surface area contributed by atoms with Crippen LogP contribution in [0.25, 0.3) is 0 Å². The fraction of sp³-hybridized carbons (Fsp3) is 0.545. The zero-order chi connectivity index (χ0) is 11.8. The molecular formula is C11H18BO2P. The van der Waals surface area contributed by atoms with E-state index in [0.29, 0.717) is 0 Å². The third-order valence-corrected chi connectivity index (χ3v) is 2.67. The molecule has 82 valence electrons. The van der Waals surface area contributed by atoms with Gasteiger partial charge < -0.3 is 9.32 Å². The van der Waals surface area contributed by atoms with E-state index in [1.54, 1.807) is 6.08 Å². The highest BCUT2D eigenvalue weighted by molar-refractivity contribution is 7.77. The Morgan fingerprint density at radius 1 is 1.40 bits per heavy atom. The summed E-state index contributed by atoms with van der Waals surface area (Å²) in [5.41, 5.74) is 0. The molecule has 0 heterocycles. The molecule has 4 unspecified atom stereocenters. The molecule has 0 aliphatic heterocycles. The van der Waals surface area contributed by atoms with E-state index in [4.69, 9.17) is 12.1 Å². The Morgan fingerprint density at radius 2 is 2.00 bits per heavy atom. The predicted octanol–water partition coefficient (Wildman–Crippen LogP) is 2.70. The molecule has 0 bridgehead atoms. The Labute approximate surface area is 95.0 Å². The first kappa shape index (κ1) is 14.6. The minimum Gasteiger partial charge on any atom is -0.366 e. The number of hydrogen-bond acceptors (Lipinski definition) is 2. The van der Waals surface area contributed by atoms with Crippen molar-refractivity contribution in [2.75, 3.05) is 6.66 Å². The van der Waals surface area contributed by atoms with Crippen molar-refractivity contribution in [3.63, 3.8) is 0 Å². The minimum absolute atomic E-state index is 0.150. The molecule has 0 fully saturated rings. The Morgan fingerprint density at radius 3 is 2.40 bits per heavy atom. The Kier molecular flexibility index (Phi) is 7.63. The SMILES string of the molecule is [B]P(C)OC(C(C)C=O)C(C)/C=C\C=C. The molecule has 0 aliphatic rings. The normalized spacial score (nSPS) is 19.4. The number of hydrogen-bond donors (Lipinski definition) is 0. The largest absolute Gasteiger partial charge is 0.366 e. The number of allylic oxidation sites excluding steroid dienone is 2. The summed E-state index contributed by atoms with van der Waals surface area (Å²) in [6, 6.07) is 0. The second-order valence-electron chi connectivity index (χ2n) is 3.59. The fourth-order valence-corrected chi connectivity index (χ4v) is 2.07. The van der Waals surface area contributed by atoms with Gasteiger partial charge in [-0.3, -0.25) is 0 Å². The van der Waals surface area contributed by atoms with Gasteiger partial charge in [0.05, 0.1) is 6.10 Å². The molecule has 15 heavy (non-hydrogen) atoms. The maximum absolute atomic E-state index is 10.7. The summed E-state index contributed by atoms with van der Waals surface area (Å²) in [4.78, 5) is 10.7. The van der Waals surface area contributed by atoms with Gasteiger partial charge in [0.1, 0.15) is 13.9 Å². The molecule has 0 aromatic heterocycles. The molecule has 2 nitrogen and oxygen atoms in total.